The molecule has 0 amide bonds. The molecule has 0 atom stereocenters. The van der Waals surface area contributed by atoms with Gasteiger partial charge in [0.2, 0.25) is 0 Å². The molecule has 0 unspecified atom stereocenters. The summed E-state index contributed by atoms with van der Waals surface area (Å²) < 4.78 is 0. The SMILES string of the molecule is C[C-](Sc1ccccc1)[Si](C)(C)C.[Li+]. The van der Waals surface area contributed by atoms with Gasteiger partial charge in [-0.3, -0.25) is 4.87 Å². The molecule has 0 bridgehead atoms. The second kappa shape index (κ2) is 6.07. The molecule has 0 aliphatic heterocycles. The molecule has 1 aromatic carbocycles. The van der Waals surface area contributed by atoms with E-state index in [1.54, 1.807) is 4.87 Å². The van der Waals surface area contributed by atoms with Gasteiger partial charge in [-0.05, 0) is 4.90 Å². The van der Waals surface area contributed by atoms with Crippen LogP contribution in [0.2, 0.25) is 19.6 Å². The summed E-state index contributed by atoms with van der Waals surface area (Å²) in [5.41, 5.74) is 0. The Morgan fingerprint density at radius 2 is 1.57 bits per heavy atom. The minimum absolute atomic E-state index is 0. The summed E-state index contributed by atoms with van der Waals surface area (Å²) in [7, 11) is -1.06. The zero-order valence-electron chi connectivity index (χ0n) is 9.79. The third-order valence-corrected chi connectivity index (χ3v) is 7.14. The maximum Gasteiger partial charge on any atom is 1.00 e. The normalized spacial score (nSPS) is 11.2. The molecule has 0 heterocycles. The van der Waals surface area contributed by atoms with E-state index in [1.165, 1.54) is 4.90 Å². The van der Waals surface area contributed by atoms with Gasteiger partial charge in [0, 0.05) is 0 Å². The van der Waals surface area contributed by atoms with Crippen molar-refractivity contribution in [2.75, 3.05) is 0 Å². The Balaban J connectivity index is 0.00000169. The first-order valence-electron chi connectivity index (χ1n) is 4.57. The Kier molecular flexibility index (Phi) is 6.24. The Bertz CT molecular complexity index is 256. The molecule has 0 saturated carbocycles. The smallest absolute Gasteiger partial charge is 0.315 e. The van der Waals surface area contributed by atoms with Crippen LogP contribution < -0.4 is 18.9 Å². The molecule has 0 N–H and O–H groups in total. The fourth-order valence-electron chi connectivity index (χ4n) is 0.818. The Morgan fingerprint density at radius 1 is 1.07 bits per heavy atom. The minimum atomic E-state index is -1.06. The van der Waals surface area contributed by atoms with Gasteiger partial charge in [-0.1, -0.05) is 58.0 Å². The van der Waals surface area contributed by atoms with Crippen LogP contribution in [0, 0.1) is 4.87 Å². The third-order valence-electron chi connectivity index (χ3n) is 2.07. The molecule has 0 fully saturated rings. The standard InChI is InChI=1S/C11H17SSi.Li/c1-10(13(2,3)4)12-11-8-6-5-7-9-11;/h5-9H,1-4H3;/q-1;+1. The van der Waals surface area contributed by atoms with E-state index in [4.69, 9.17) is 0 Å². The molecule has 14 heavy (non-hydrogen) atoms. The van der Waals surface area contributed by atoms with Crippen molar-refractivity contribution in [2.45, 2.75) is 31.5 Å². The summed E-state index contributed by atoms with van der Waals surface area (Å²) in [6, 6.07) is 10.6. The summed E-state index contributed by atoms with van der Waals surface area (Å²) in [5, 5.41) is 0. The van der Waals surface area contributed by atoms with Gasteiger partial charge in [0.1, 0.15) is 0 Å². The van der Waals surface area contributed by atoms with Gasteiger partial charge in [-0.25, -0.2) is 0 Å². The Hall–Kier alpha value is 0.384. The van der Waals surface area contributed by atoms with Gasteiger partial charge in [0.05, 0.1) is 0 Å². The van der Waals surface area contributed by atoms with Crippen molar-refractivity contribution in [1.29, 1.82) is 0 Å². The van der Waals surface area contributed by atoms with Crippen LogP contribution in [0.15, 0.2) is 35.2 Å². The average molecular weight is 216 g/mol. The largest absolute Gasteiger partial charge is 1.00 e. The maximum atomic E-state index is 2.39. The monoisotopic (exact) mass is 216 g/mol. The molecule has 72 valence electrons. The molecule has 1 rings (SSSR count). The third kappa shape index (κ3) is 4.75. The van der Waals surface area contributed by atoms with E-state index in [-0.39, 0.29) is 18.9 Å². The van der Waals surface area contributed by atoms with E-state index in [0.717, 1.165) is 0 Å². The van der Waals surface area contributed by atoms with E-state index in [9.17, 15) is 0 Å². The van der Waals surface area contributed by atoms with Crippen molar-refractivity contribution in [3.8, 4) is 0 Å². The summed E-state index contributed by atoms with van der Waals surface area (Å²) in [5.74, 6) is 0. The van der Waals surface area contributed by atoms with Gasteiger partial charge >= 0.3 is 18.9 Å². The van der Waals surface area contributed by atoms with Crippen molar-refractivity contribution in [1.82, 2.24) is 0 Å². The van der Waals surface area contributed by atoms with Gasteiger partial charge in [0.15, 0.2) is 0 Å². The molecule has 0 aromatic heterocycles. The van der Waals surface area contributed by atoms with Gasteiger partial charge in [-0.15, -0.1) is 0 Å². The predicted molar refractivity (Wildman–Crippen MR) is 64.6 cm³/mol. The van der Waals surface area contributed by atoms with E-state index in [2.05, 4.69) is 56.9 Å². The molecular weight excluding hydrogens is 199 g/mol. The van der Waals surface area contributed by atoms with Crippen LogP contribution in [-0.2, 0) is 0 Å². The zero-order valence-corrected chi connectivity index (χ0v) is 11.6. The summed E-state index contributed by atoms with van der Waals surface area (Å²) in [6.07, 6.45) is 0. The van der Waals surface area contributed by atoms with Crippen LogP contribution in [0.4, 0.5) is 0 Å². The average Bonchev–Trinajstić information content (AvgIpc) is 2.04. The fraction of sp³-hybridized carbons (Fsp3) is 0.364. The minimum Gasteiger partial charge on any atom is -0.315 e. The van der Waals surface area contributed by atoms with Crippen LogP contribution in [0.25, 0.3) is 0 Å². The first kappa shape index (κ1) is 14.4. The molecule has 0 nitrogen and oxygen atoms in total. The number of hydrogen-bond donors (Lipinski definition) is 0. The predicted octanol–water partition coefficient (Wildman–Crippen LogP) is 1.21. The zero-order chi connectivity index (χ0) is 9.90. The number of rotatable bonds is 3. The van der Waals surface area contributed by atoms with Crippen LogP contribution in [0.3, 0.4) is 0 Å². The van der Waals surface area contributed by atoms with Crippen LogP contribution in [0.5, 0.6) is 0 Å². The topological polar surface area (TPSA) is 0 Å². The molecule has 0 saturated heterocycles. The summed E-state index contributed by atoms with van der Waals surface area (Å²) in [4.78, 5) is 2.96. The Morgan fingerprint density at radius 3 is 2.00 bits per heavy atom. The van der Waals surface area contributed by atoms with Gasteiger partial charge < -0.3 is 11.8 Å². The maximum absolute atomic E-state index is 2.39. The fourth-order valence-corrected chi connectivity index (χ4v) is 3.04. The van der Waals surface area contributed by atoms with E-state index >= 15 is 0 Å². The van der Waals surface area contributed by atoms with Gasteiger partial charge in [0.25, 0.3) is 0 Å². The first-order chi connectivity index (χ1) is 6.00. The quantitative estimate of drug-likeness (QED) is 0.416. The van der Waals surface area contributed by atoms with Crippen molar-refractivity contribution in [3.05, 3.63) is 35.2 Å². The molecular formula is C11H17LiSSi. The molecule has 0 spiro atoms. The molecule has 1 aromatic rings. The number of benzene rings is 1. The van der Waals surface area contributed by atoms with Gasteiger partial charge in [-0.2, -0.15) is 6.92 Å². The van der Waals surface area contributed by atoms with Crippen LogP contribution >= 0.6 is 11.8 Å². The molecule has 0 aliphatic carbocycles. The van der Waals surface area contributed by atoms with Crippen molar-refractivity contribution < 1.29 is 18.9 Å². The van der Waals surface area contributed by atoms with Crippen molar-refractivity contribution >= 4 is 19.8 Å². The summed E-state index contributed by atoms with van der Waals surface area (Å²) >= 11 is 1.93. The first-order valence-corrected chi connectivity index (χ1v) is 8.89. The van der Waals surface area contributed by atoms with Crippen molar-refractivity contribution in [2.24, 2.45) is 0 Å². The number of hydrogen-bond acceptors (Lipinski definition) is 1. The van der Waals surface area contributed by atoms with E-state index < -0.39 is 8.07 Å². The molecule has 0 radical (unpaired) electrons. The van der Waals surface area contributed by atoms with E-state index in [0.29, 0.717) is 0 Å². The van der Waals surface area contributed by atoms with E-state index in [1.807, 2.05) is 11.8 Å². The van der Waals surface area contributed by atoms with Crippen LogP contribution in [-0.4, -0.2) is 8.07 Å². The molecule has 3 heteroatoms. The summed E-state index contributed by atoms with van der Waals surface area (Å²) in [6.45, 7) is 9.43. The second-order valence-electron chi connectivity index (χ2n) is 4.22. The van der Waals surface area contributed by atoms with Crippen LogP contribution in [0.1, 0.15) is 6.92 Å². The van der Waals surface area contributed by atoms with Crippen molar-refractivity contribution in [3.63, 3.8) is 0 Å². The Labute approximate surface area is 105 Å². The molecule has 0 aliphatic rings. The number of thioether (sulfide) groups is 1. The second-order valence-corrected chi connectivity index (χ2v) is 11.1.